The van der Waals surface area contributed by atoms with Crippen LogP contribution in [-0.4, -0.2) is 40.9 Å². The van der Waals surface area contributed by atoms with Gasteiger partial charge in [-0.25, -0.2) is 4.79 Å². The number of benzene rings is 1. The summed E-state index contributed by atoms with van der Waals surface area (Å²) in [6.07, 6.45) is 1.42. The number of carbonyl (C=O) groups excluding carboxylic acids is 2. The van der Waals surface area contributed by atoms with Crippen LogP contribution in [0.15, 0.2) is 23.2 Å². The summed E-state index contributed by atoms with van der Waals surface area (Å²) in [4.78, 5) is 28.2. The van der Waals surface area contributed by atoms with Gasteiger partial charge < -0.3 is 14.6 Å². The number of Topliss-reactive ketones (excluding diaryl/α,β-unsaturated/α-hetero) is 1. The molecule has 1 fully saturated rings. The molecule has 25 heavy (non-hydrogen) atoms. The molecule has 0 radical (unpaired) electrons. The van der Waals surface area contributed by atoms with E-state index in [1.165, 1.54) is 7.11 Å². The zero-order valence-electron chi connectivity index (χ0n) is 15.0. The number of hydrogen-bond acceptors (Lipinski definition) is 6. The summed E-state index contributed by atoms with van der Waals surface area (Å²) in [5.74, 6) is 0.269. The fourth-order valence-corrected chi connectivity index (χ4v) is 3.29. The van der Waals surface area contributed by atoms with Gasteiger partial charge in [-0.15, -0.1) is 0 Å². The highest BCUT2D eigenvalue weighted by molar-refractivity contribution is 6.08. The van der Waals surface area contributed by atoms with Crippen molar-refractivity contribution in [3.05, 3.63) is 29.3 Å². The lowest BCUT2D eigenvalue weighted by molar-refractivity contribution is -0.131. The van der Waals surface area contributed by atoms with Crippen molar-refractivity contribution in [2.75, 3.05) is 7.11 Å². The molecule has 1 saturated carbocycles. The third kappa shape index (κ3) is 2.95. The van der Waals surface area contributed by atoms with E-state index in [1.807, 2.05) is 0 Å². The van der Waals surface area contributed by atoms with Gasteiger partial charge in [0.1, 0.15) is 28.8 Å². The van der Waals surface area contributed by atoms with Gasteiger partial charge in [0, 0.05) is 24.1 Å². The molecule has 1 aliphatic carbocycles. The highest BCUT2D eigenvalue weighted by Crippen LogP contribution is 2.48. The first-order valence-corrected chi connectivity index (χ1v) is 8.36. The molecule has 0 aromatic heterocycles. The van der Waals surface area contributed by atoms with Crippen molar-refractivity contribution in [1.29, 1.82) is 0 Å². The van der Waals surface area contributed by atoms with Crippen LogP contribution < -0.4 is 4.74 Å². The average molecular weight is 345 g/mol. The number of fused-ring (bicyclic) bond motifs is 1. The Labute approximate surface area is 146 Å². The Balaban J connectivity index is 2.13. The Kier molecular flexibility index (Phi) is 4.19. The minimum Gasteiger partial charge on any atom is -0.484 e. The van der Waals surface area contributed by atoms with Gasteiger partial charge >= 0.3 is 5.97 Å². The Bertz CT molecular complexity index is 763. The van der Waals surface area contributed by atoms with E-state index in [2.05, 4.69) is 0 Å². The number of aliphatic imine (C=N–C) groups is 1. The van der Waals surface area contributed by atoms with E-state index in [-0.39, 0.29) is 5.78 Å². The first-order chi connectivity index (χ1) is 11.7. The number of carbonyl (C=O) groups is 2. The first kappa shape index (κ1) is 17.6. The second-order valence-corrected chi connectivity index (χ2v) is 7.32. The van der Waals surface area contributed by atoms with Crippen LogP contribution >= 0.6 is 0 Å². The number of ether oxygens (including phenoxy) is 2. The van der Waals surface area contributed by atoms with Gasteiger partial charge in [0.2, 0.25) is 0 Å². The van der Waals surface area contributed by atoms with Crippen molar-refractivity contribution in [2.24, 2.45) is 4.99 Å². The van der Waals surface area contributed by atoms with Crippen LogP contribution in [0.3, 0.4) is 0 Å². The van der Waals surface area contributed by atoms with Gasteiger partial charge in [-0.05, 0) is 45.4 Å². The van der Waals surface area contributed by atoms with Crippen molar-refractivity contribution in [2.45, 2.75) is 57.3 Å². The van der Waals surface area contributed by atoms with Gasteiger partial charge in [-0.1, -0.05) is 0 Å². The Morgan fingerprint density at radius 2 is 2.04 bits per heavy atom. The number of methoxy groups -OCH3 is 1. The van der Waals surface area contributed by atoms with Gasteiger partial charge in [-0.3, -0.25) is 9.79 Å². The molecule has 134 valence electrons. The molecule has 0 saturated heterocycles. The lowest BCUT2D eigenvalue weighted by Crippen LogP contribution is -2.58. The highest BCUT2D eigenvalue weighted by Gasteiger charge is 2.53. The lowest BCUT2D eigenvalue weighted by atomic mass is 9.75. The molecule has 0 amide bonds. The molecule has 1 N–H and O–H groups in total. The van der Waals surface area contributed by atoms with Crippen LogP contribution in [0.2, 0.25) is 0 Å². The maximum atomic E-state index is 11.9. The summed E-state index contributed by atoms with van der Waals surface area (Å²) in [7, 11) is 1.32. The molecular weight excluding hydrogens is 322 g/mol. The van der Waals surface area contributed by atoms with Gasteiger partial charge in [-0.2, -0.15) is 0 Å². The van der Waals surface area contributed by atoms with Gasteiger partial charge in [0.25, 0.3) is 0 Å². The minimum atomic E-state index is -1.31. The summed E-state index contributed by atoms with van der Waals surface area (Å²) in [6, 6.07) is 4.35. The molecule has 0 bridgehead atoms. The maximum Gasteiger partial charge on any atom is 0.337 e. The first-order valence-electron chi connectivity index (χ1n) is 8.36. The molecule has 2 unspecified atom stereocenters. The van der Waals surface area contributed by atoms with Crippen molar-refractivity contribution < 1.29 is 24.2 Å². The van der Waals surface area contributed by atoms with Crippen molar-refractivity contribution in [1.82, 2.24) is 0 Å². The van der Waals surface area contributed by atoms with Crippen LogP contribution in [0.4, 0.5) is 0 Å². The lowest BCUT2D eigenvalue weighted by Gasteiger charge is -2.48. The SMILES string of the molecule is COC(=O)c1ccc2c(c1)C(N=C1CCC(=O)C1)C(C)(O)C(C)(C)O2. The summed E-state index contributed by atoms with van der Waals surface area (Å²) in [6.45, 7) is 5.28. The highest BCUT2D eigenvalue weighted by atomic mass is 16.5. The molecule has 6 heteroatoms. The fraction of sp³-hybridized carbons (Fsp3) is 0.526. The van der Waals surface area contributed by atoms with E-state index in [1.54, 1.807) is 39.0 Å². The smallest absolute Gasteiger partial charge is 0.337 e. The molecular formula is C19H23NO5. The number of esters is 1. The predicted molar refractivity (Wildman–Crippen MR) is 92.1 cm³/mol. The van der Waals surface area contributed by atoms with E-state index in [9.17, 15) is 14.7 Å². The van der Waals surface area contributed by atoms with E-state index in [0.717, 1.165) is 5.71 Å². The predicted octanol–water partition coefficient (Wildman–Crippen LogP) is 2.63. The number of rotatable bonds is 2. The van der Waals surface area contributed by atoms with Crippen LogP contribution in [-0.2, 0) is 9.53 Å². The third-order valence-corrected chi connectivity index (χ3v) is 5.25. The Hall–Kier alpha value is -2.21. The average Bonchev–Trinajstić information content (AvgIpc) is 2.96. The standard InChI is InChI=1S/C19H23NO5/c1-18(2)19(3,23)16(20-12-6-7-13(21)10-12)14-9-11(17(22)24-4)5-8-15(14)25-18/h5,8-9,16,23H,6-7,10H2,1-4H3. The van der Waals surface area contributed by atoms with Crippen molar-refractivity contribution in [3.63, 3.8) is 0 Å². The number of aliphatic hydroxyl groups is 1. The maximum absolute atomic E-state index is 11.9. The normalized spacial score (nSPS) is 29.2. The summed E-state index contributed by atoms with van der Waals surface area (Å²) in [5.41, 5.74) is -0.424. The topological polar surface area (TPSA) is 85.2 Å². The monoisotopic (exact) mass is 345 g/mol. The number of nitrogens with zero attached hydrogens (tertiary/aromatic N) is 1. The van der Waals surface area contributed by atoms with Crippen LogP contribution in [0, 0.1) is 0 Å². The van der Waals surface area contributed by atoms with Crippen molar-refractivity contribution >= 4 is 17.5 Å². The third-order valence-electron chi connectivity index (χ3n) is 5.25. The summed E-state index contributed by atoms with van der Waals surface area (Å²) in [5, 5.41) is 11.2. The second kappa shape index (κ2) is 5.95. The zero-order chi connectivity index (χ0) is 18.4. The van der Waals surface area contributed by atoms with Crippen molar-refractivity contribution in [3.8, 4) is 5.75 Å². The molecule has 1 aliphatic heterocycles. The fourth-order valence-electron chi connectivity index (χ4n) is 3.29. The van der Waals surface area contributed by atoms with Gasteiger partial charge in [0.05, 0.1) is 12.7 Å². The number of hydrogen-bond donors (Lipinski definition) is 1. The summed E-state index contributed by atoms with van der Waals surface area (Å²) < 4.78 is 10.8. The van der Waals surface area contributed by atoms with Crippen LogP contribution in [0.25, 0.3) is 0 Å². The zero-order valence-corrected chi connectivity index (χ0v) is 15.0. The Morgan fingerprint density at radius 1 is 1.32 bits per heavy atom. The second-order valence-electron chi connectivity index (χ2n) is 7.32. The molecule has 1 aromatic rings. The molecule has 1 aromatic carbocycles. The quantitative estimate of drug-likeness (QED) is 0.833. The largest absolute Gasteiger partial charge is 0.484 e. The minimum absolute atomic E-state index is 0.160. The van der Waals surface area contributed by atoms with Gasteiger partial charge in [0.15, 0.2) is 0 Å². The molecule has 3 rings (SSSR count). The number of ketones is 1. The molecule has 2 aliphatic rings. The van der Waals surface area contributed by atoms with E-state index in [0.29, 0.717) is 36.1 Å². The van der Waals surface area contributed by atoms with E-state index >= 15 is 0 Å². The molecule has 6 nitrogen and oxygen atoms in total. The molecule has 0 spiro atoms. The molecule has 2 atom stereocenters. The van der Waals surface area contributed by atoms with Crippen LogP contribution in [0.5, 0.6) is 5.75 Å². The van der Waals surface area contributed by atoms with E-state index in [4.69, 9.17) is 14.5 Å². The van der Waals surface area contributed by atoms with Crippen LogP contribution in [0.1, 0.15) is 62.0 Å². The summed E-state index contributed by atoms with van der Waals surface area (Å²) >= 11 is 0. The van der Waals surface area contributed by atoms with E-state index < -0.39 is 23.2 Å². The molecule has 1 heterocycles. The Morgan fingerprint density at radius 3 is 2.64 bits per heavy atom.